The molecule has 0 saturated heterocycles. The molecule has 6 nitrogen and oxygen atoms in total. The zero-order valence-electron chi connectivity index (χ0n) is 44.9. The third kappa shape index (κ3) is 17.9. The summed E-state index contributed by atoms with van der Waals surface area (Å²) in [4.78, 5) is 42.8. The van der Waals surface area contributed by atoms with Gasteiger partial charge in [-0.3, -0.25) is 9.59 Å². The van der Waals surface area contributed by atoms with Crippen molar-refractivity contribution in [3.8, 4) is 29.3 Å². The predicted octanol–water partition coefficient (Wildman–Crippen LogP) is 19.3. The van der Waals surface area contributed by atoms with E-state index in [-0.39, 0.29) is 17.9 Å². The zero-order chi connectivity index (χ0) is 50.2. The SMILES string of the molecule is CCCCCCCCCCCCOC(C)CCCCCCN1C(=O)C2=C(C)N(CCCCCCC(C)OCCCCCCCCC)C(=O)C2=C1c1ccc(-c2ccc(-c3ccc(-c4ccc(C)s4)s3)s2)s1. The Morgan fingerprint density at radius 1 is 0.408 bits per heavy atom. The van der Waals surface area contributed by atoms with Crippen LogP contribution < -0.4 is 0 Å². The van der Waals surface area contributed by atoms with Crippen molar-refractivity contribution in [3.63, 3.8) is 0 Å². The first-order chi connectivity index (χ1) is 34.7. The molecule has 10 heteroatoms. The topological polar surface area (TPSA) is 59.1 Å². The van der Waals surface area contributed by atoms with Gasteiger partial charge < -0.3 is 19.3 Å². The second-order valence-electron chi connectivity index (χ2n) is 20.6. The number of fused-ring (bicyclic) bond motifs is 1. The van der Waals surface area contributed by atoms with Crippen molar-refractivity contribution in [1.29, 1.82) is 0 Å². The highest BCUT2D eigenvalue weighted by Gasteiger charge is 2.47. The van der Waals surface area contributed by atoms with Crippen molar-refractivity contribution < 1.29 is 19.1 Å². The fourth-order valence-electron chi connectivity index (χ4n) is 10.2. The van der Waals surface area contributed by atoms with Gasteiger partial charge in [-0.1, -0.05) is 149 Å². The number of hydrogen-bond acceptors (Lipinski definition) is 8. The van der Waals surface area contributed by atoms with Crippen LogP contribution in [0.25, 0.3) is 35.0 Å². The standard InChI is InChI=1S/C61H90N2O4S4/c1-7-9-11-13-15-16-17-19-25-31-45-67-47(4)33-27-21-23-29-43-63-59(56-41-40-55(71-56)54-39-38-53(70-54)52-37-36-51(69-52)50-35-34-48(5)68-50)58-57(60(63)64)49(6)62(61(58)65)42-28-22-20-26-32-46(3)66-44-30-24-18-14-12-10-8-2/h34-41,46-47H,7-33,42-45H2,1-6H3. The number of thiophene rings is 4. The Kier molecular flexibility index (Phi) is 25.7. The van der Waals surface area contributed by atoms with Gasteiger partial charge in [0.2, 0.25) is 0 Å². The number of aryl methyl sites for hydroxylation is 1. The number of unbranched alkanes of at least 4 members (excludes halogenated alkanes) is 21. The number of amides is 2. The lowest BCUT2D eigenvalue weighted by Crippen LogP contribution is -2.30. The molecule has 0 spiro atoms. The van der Waals surface area contributed by atoms with Crippen LogP contribution >= 0.6 is 45.3 Å². The number of ether oxygens (including phenoxy) is 2. The molecule has 2 unspecified atom stereocenters. The van der Waals surface area contributed by atoms with Crippen LogP contribution in [0, 0.1) is 6.92 Å². The van der Waals surface area contributed by atoms with E-state index in [1.165, 1.54) is 143 Å². The summed E-state index contributed by atoms with van der Waals surface area (Å²) >= 11 is 7.22. The molecule has 71 heavy (non-hydrogen) atoms. The lowest BCUT2D eigenvalue weighted by molar-refractivity contribution is -0.124. The summed E-state index contributed by atoms with van der Waals surface area (Å²) in [5.74, 6) is -0.0176. The number of allylic oxidation sites excluding steroid dienone is 1. The maximum atomic E-state index is 14.5. The minimum Gasteiger partial charge on any atom is -0.379 e. The van der Waals surface area contributed by atoms with Crippen LogP contribution in [0.5, 0.6) is 0 Å². The number of rotatable bonds is 39. The maximum absolute atomic E-state index is 14.5. The second-order valence-corrected chi connectivity index (χ2v) is 25.1. The van der Waals surface area contributed by atoms with Gasteiger partial charge in [0, 0.05) is 66.1 Å². The van der Waals surface area contributed by atoms with E-state index in [1.54, 1.807) is 11.3 Å². The highest BCUT2D eigenvalue weighted by molar-refractivity contribution is 7.28. The lowest BCUT2D eigenvalue weighted by Gasteiger charge is -2.23. The van der Waals surface area contributed by atoms with Gasteiger partial charge in [-0.25, -0.2) is 0 Å². The molecule has 0 radical (unpaired) electrons. The quantitative estimate of drug-likeness (QED) is 0.0418. The van der Waals surface area contributed by atoms with E-state index in [0.717, 1.165) is 93.7 Å². The molecule has 0 fully saturated rings. The van der Waals surface area contributed by atoms with Crippen LogP contribution in [-0.2, 0) is 19.1 Å². The van der Waals surface area contributed by atoms with E-state index in [2.05, 4.69) is 83.1 Å². The number of carbonyl (C=O) groups excluding carboxylic acids is 2. The average Bonchev–Trinajstić information content (AvgIpc) is 4.24. The summed E-state index contributed by atoms with van der Waals surface area (Å²) in [6, 6.07) is 17.7. The molecule has 6 rings (SSSR count). The fraction of sp³-hybridized carbons (Fsp3) is 0.639. The van der Waals surface area contributed by atoms with Crippen LogP contribution in [0.1, 0.15) is 218 Å². The van der Waals surface area contributed by atoms with Crippen LogP contribution in [0.4, 0.5) is 0 Å². The first kappa shape index (κ1) is 57.4. The van der Waals surface area contributed by atoms with Gasteiger partial charge in [-0.05, 0) is 115 Å². The molecule has 4 aromatic rings. The molecule has 0 aromatic carbocycles. The minimum atomic E-state index is -0.00896. The van der Waals surface area contributed by atoms with E-state index in [0.29, 0.717) is 30.3 Å². The van der Waals surface area contributed by atoms with Gasteiger partial charge in [0.25, 0.3) is 11.8 Å². The Bertz CT molecular complexity index is 2240. The highest BCUT2D eigenvalue weighted by Crippen LogP contribution is 2.48. The summed E-state index contributed by atoms with van der Waals surface area (Å²) in [6.07, 6.45) is 33.7. The number of nitrogens with zero attached hydrogens (tertiary/aromatic N) is 2. The van der Waals surface area contributed by atoms with Crippen molar-refractivity contribution in [2.45, 2.75) is 227 Å². The Labute approximate surface area is 446 Å². The zero-order valence-corrected chi connectivity index (χ0v) is 48.1. The molecule has 0 bridgehead atoms. The molecular formula is C61H90N2O4S4. The molecule has 2 amide bonds. The molecule has 0 N–H and O–H groups in total. The maximum Gasteiger partial charge on any atom is 0.261 e. The summed E-state index contributed by atoms with van der Waals surface area (Å²) in [7, 11) is 0. The van der Waals surface area contributed by atoms with E-state index < -0.39 is 0 Å². The summed E-state index contributed by atoms with van der Waals surface area (Å²) in [5, 5.41) is 0. The second kappa shape index (κ2) is 31.8. The van der Waals surface area contributed by atoms with Crippen LogP contribution in [-0.4, -0.2) is 60.1 Å². The third-order valence-corrected chi connectivity index (χ3v) is 19.3. The van der Waals surface area contributed by atoms with E-state index in [9.17, 15) is 9.59 Å². The lowest BCUT2D eigenvalue weighted by atomic mass is 10.1. The molecule has 0 saturated carbocycles. The van der Waals surface area contributed by atoms with Crippen molar-refractivity contribution >= 4 is 62.9 Å². The summed E-state index contributed by atoms with van der Waals surface area (Å²) in [5.41, 5.74) is 2.87. The molecule has 2 atom stereocenters. The molecule has 2 aliphatic rings. The molecule has 4 aromatic heterocycles. The van der Waals surface area contributed by atoms with Gasteiger partial charge in [0.05, 0.1) is 33.9 Å². The van der Waals surface area contributed by atoms with Gasteiger partial charge in [-0.15, -0.1) is 45.3 Å². The van der Waals surface area contributed by atoms with Crippen LogP contribution in [0.2, 0.25) is 0 Å². The minimum absolute atomic E-state index is 0.00868. The Balaban J connectivity index is 1.00. The van der Waals surface area contributed by atoms with Gasteiger partial charge in [-0.2, -0.15) is 0 Å². The largest absolute Gasteiger partial charge is 0.379 e. The highest BCUT2D eigenvalue weighted by atomic mass is 32.1. The first-order valence-corrected chi connectivity index (χ1v) is 31.7. The normalized spacial score (nSPS) is 14.8. The Morgan fingerprint density at radius 3 is 1.21 bits per heavy atom. The van der Waals surface area contributed by atoms with Gasteiger partial charge in [0.15, 0.2) is 0 Å². The van der Waals surface area contributed by atoms with Crippen molar-refractivity contribution in [1.82, 2.24) is 9.80 Å². The molecule has 2 aliphatic heterocycles. The van der Waals surface area contributed by atoms with Crippen LogP contribution in [0.15, 0.2) is 65.4 Å². The smallest absolute Gasteiger partial charge is 0.261 e. The molecular weight excluding hydrogens is 953 g/mol. The number of hydrogen-bond donors (Lipinski definition) is 0. The van der Waals surface area contributed by atoms with E-state index in [1.807, 2.05) is 50.7 Å². The fourth-order valence-corrected chi connectivity index (χ4v) is 14.4. The monoisotopic (exact) mass is 1040 g/mol. The first-order valence-electron chi connectivity index (χ1n) is 28.4. The number of carbonyl (C=O) groups is 2. The molecule has 6 heterocycles. The molecule has 0 aliphatic carbocycles. The van der Waals surface area contributed by atoms with Crippen molar-refractivity contribution in [3.05, 3.63) is 75.1 Å². The summed E-state index contributed by atoms with van der Waals surface area (Å²) < 4.78 is 12.3. The third-order valence-electron chi connectivity index (χ3n) is 14.5. The van der Waals surface area contributed by atoms with E-state index >= 15 is 0 Å². The summed E-state index contributed by atoms with van der Waals surface area (Å²) in [6.45, 7) is 16.2. The van der Waals surface area contributed by atoms with Crippen molar-refractivity contribution in [2.75, 3.05) is 26.3 Å². The van der Waals surface area contributed by atoms with Crippen molar-refractivity contribution in [2.24, 2.45) is 0 Å². The average molecular weight is 1040 g/mol. The molecule has 392 valence electrons. The Hall–Kier alpha value is -2.86. The van der Waals surface area contributed by atoms with Crippen LogP contribution in [0.3, 0.4) is 0 Å². The predicted molar refractivity (Wildman–Crippen MR) is 309 cm³/mol. The Morgan fingerprint density at radius 2 is 0.761 bits per heavy atom. The van der Waals surface area contributed by atoms with E-state index in [4.69, 9.17) is 9.47 Å². The van der Waals surface area contributed by atoms with Gasteiger partial charge in [0.1, 0.15) is 0 Å². The van der Waals surface area contributed by atoms with Gasteiger partial charge >= 0.3 is 0 Å².